The van der Waals surface area contributed by atoms with Crippen LogP contribution < -0.4 is 9.75 Å². The molecule has 7 heteroatoms. The molecule has 118 valence electrons. The summed E-state index contributed by atoms with van der Waals surface area (Å²) in [6, 6.07) is 12.8. The van der Waals surface area contributed by atoms with E-state index in [0.29, 0.717) is 22.0 Å². The molecule has 1 amide bonds. The predicted molar refractivity (Wildman–Crippen MR) is 85.6 cm³/mol. The number of benzene rings is 2. The molecule has 1 aliphatic rings. The van der Waals surface area contributed by atoms with Gasteiger partial charge in [0.1, 0.15) is 11.5 Å². The van der Waals surface area contributed by atoms with Gasteiger partial charge >= 0.3 is 5.91 Å². The Bertz CT molecular complexity index is 787. The van der Waals surface area contributed by atoms with Crippen molar-refractivity contribution in [3.8, 4) is 5.75 Å². The summed E-state index contributed by atoms with van der Waals surface area (Å²) in [7, 11) is 1.49. The largest absolute Gasteiger partial charge is 0.497 e. The zero-order chi connectivity index (χ0) is 16.6. The smallest absolute Gasteiger partial charge is 0.314 e. The minimum Gasteiger partial charge on any atom is -0.497 e. The van der Waals surface area contributed by atoms with Gasteiger partial charge in [0.05, 0.1) is 12.8 Å². The summed E-state index contributed by atoms with van der Waals surface area (Å²) in [6.45, 7) is 0. The Labute approximate surface area is 137 Å². The molecule has 0 fully saturated rings. The van der Waals surface area contributed by atoms with E-state index < -0.39 is 11.7 Å². The van der Waals surface area contributed by atoms with Crippen molar-refractivity contribution in [1.29, 1.82) is 0 Å². The number of amides is 1. The van der Waals surface area contributed by atoms with Crippen molar-refractivity contribution in [1.82, 2.24) is 0 Å². The van der Waals surface area contributed by atoms with E-state index in [9.17, 15) is 15.0 Å². The Morgan fingerprint density at radius 3 is 2.52 bits per heavy atom. The Morgan fingerprint density at radius 2 is 1.87 bits per heavy atom. The van der Waals surface area contributed by atoms with Gasteiger partial charge in [-0.1, -0.05) is 23.7 Å². The van der Waals surface area contributed by atoms with Crippen LogP contribution in [0.3, 0.4) is 0 Å². The van der Waals surface area contributed by atoms with Crippen molar-refractivity contribution in [3.05, 3.63) is 59.1 Å². The topological polar surface area (TPSA) is 82.4 Å². The fourth-order valence-electron chi connectivity index (χ4n) is 2.25. The van der Waals surface area contributed by atoms with Crippen molar-refractivity contribution in [2.45, 2.75) is 5.79 Å². The van der Waals surface area contributed by atoms with Crippen molar-refractivity contribution >= 4 is 28.9 Å². The predicted octanol–water partition coefficient (Wildman–Crippen LogP) is 1.78. The van der Waals surface area contributed by atoms with Crippen LogP contribution in [0.15, 0.2) is 53.6 Å². The summed E-state index contributed by atoms with van der Waals surface area (Å²) in [5.41, 5.74) is 0.584. The van der Waals surface area contributed by atoms with Gasteiger partial charge in [-0.05, 0) is 36.4 Å². The quantitative estimate of drug-likeness (QED) is 0.839. The fraction of sp³-hybridized carbons (Fsp3) is 0.125. The van der Waals surface area contributed by atoms with E-state index in [2.05, 4.69) is 5.10 Å². The van der Waals surface area contributed by atoms with Crippen LogP contribution in [0.4, 0.5) is 5.69 Å². The van der Waals surface area contributed by atoms with Crippen molar-refractivity contribution in [2.24, 2.45) is 5.10 Å². The molecule has 0 aliphatic carbocycles. The lowest BCUT2D eigenvalue weighted by molar-refractivity contribution is -0.155. The molecule has 1 heterocycles. The molecule has 2 aromatic carbocycles. The number of aliphatic hydroxyl groups is 2. The minimum atomic E-state index is -2.72. The standard InChI is InChI=1S/C16H13ClN2O4/c1-23-13-4-2-3-10(9-13)14-16(21,22)15(20)19(18-14)12-7-5-11(17)6-8-12/h2-9,21-22H,1H3. The van der Waals surface area contributed by atoms with Gasteiger partial charge in [-0.3, -0.25) is 4.79 Å². The highest BCUT2D eigenvalue weighted by molar-refractivity contribution is 6.30. The number of methoxy groups -OCH3 is 1. The first-order valence-electron chi connectivity index (χ1n) is 6.72. The number of ether oxygens (including phenoxy) is 1. The maximum Gasteiger partial charge on any atom is 0.314 e. The fourth-order valence-corrected chi connectivity index (χ4v) is 2.38. The van der Waals surface area contributed by atoms with Gasteiger partial charge in [-0.2, -0.15) is 10.1 Å². The van der Waals surface area contributed by atoms with E-state index in [4.69, 9.17) is 16.3 Å². The first kappa shape index (κ1) is 15.5. The van der Waals surface area contributed by atoms with Crippen LogP contribution in [0, 0.1) is 0 Å². The summed E-state index contributed by atoms with van der Waals surface area (Å²) in [6.07, 6.45) is 0. The van der Waals surface area contributed by atoms with Crippen LogP contribution in [0.5, 0.6) is 5.75 Å². The molecule has 3 rings (SSSR count). The zero-order valence-electron chi connectivity index (χ0n) is 12.1. The normalized spacial score (nSPS) is 16.4. The van der Waals surface area contributed by atoms with E-state index >= 15 is 0 Å². The van der Waals surface area contributed by atoms with Crippen LogP contribution in [0.25, 0.3) is 0 Å². The summed E-state index contributed by atoms with van der Waals surface area (Å²) >= 11 is 5.82. The number of hydrogen-bond donors (Lipinski definition) is 2. The number of carbonyl (C=O) groups is 1. The number of rotatable bonds is 3. The Hall–Kier alpha value is -2.41. The van der Waals surface area contributed by atoms with Crippen LogP contribution >= 0.6 is 11.6 Å². The van der Waals surface area contributed by atoms with Crippen LogP contribution in [0.2, 0.25) is 5.02 Å². The molecule has 0 unspecified atom stereocenters. The molecular formula is C16H13ClN2O4. The zero-order valence-corrected chi connectivity index (χ0v) is 12.9. The second-order valence-electron chi connectivity index (χ2n) is 4.95. The van der Waals surface area contributed by atoms with Crippen molar-refractivity contribution in [3.63, 3.8) is 0 Å². The number of hydrazone groups is 1. The second kappa shape index (κ2) is 5.66. The van der Waals surface area contributed by atoms with Crippen molar-refractivity contribution < 1.29 is 19.7 Å². The third kappa shape index (κ3) is 2.68. The molecule has 0 saturated heterocycles. The summed E-state index contributed by atoms with van der Waals surface area (Å²) < 4.78 is 5.10. The Kier molecular flexibility index (Phi) is 3.81. The number of anilines is 1. The average molecular weight is 333 g/mol. The number of nitrogens with zero attached hydrogens (tertiary/aromatic N) is 2. The van der Waals surface area contributed by atoms with Gasteiger partial charge in [0.15, 0.2) is 0 Å². The van der Waals surface area contributed by atoms with Crippen LogP contribution in [0.1, 0.15) is 5.56 Å². The van der Waals surface area contributed by atoms with Gasteiger partial charge < -0.3 is 14.9 Å². The highest BCUT2D eigenvalue weighted by Crippen LogP contribution is 2.29. The molecule has 0 spiro atoms. The van der Waals surface area contributed by atoms with Crippen molar-refractivity contribution in [2.75, 3.05) is 12.1 Å². The van der Waals surface area contributed by atoms with Gasteiger partial charge in [-0.15, -0.1) is 0 Å². The van der Waals surface area contributed by atoms with Gasteiger partial charge in [0.2, 0.25) is 0 Å². The molecule has 0 bridgehead atoms. The molecule has 2 aromatic rings. The molecule has 6 nitrogen and oxygen atoms in total. The molecule has 0 saturated carbocycles. The lowest BCUT2D eigenvalue weighted by Gasteiger charge is -2.17. The second-order valence-corrected chi connectivity index (χ2v) is 5.38. The molecule has 23 heavy (non-hydrogen) atoms. The Balaban J connectivity index is 2.06. The number of halogens is 1. The lowest BCUT2D eigenvalue weighted by atomic mass is 10.0. The van der Waals surface area contributed by atoms with E-state index in [-0.39, 0.29) is 5.71 Å². The number of carbonyl (C=O) groups excluding carboxylic acids is 1. The van der Waals surface area contributed by atoms with Gasteiger partial charge in [0, 0.05) is 10.6 Å². The first-order valence-corrected chi connectivity index (χ1v) is 7.09. The maximum atomic E-state index is 12.3. The maximum absolute atomic E-state index is 12.3. The monoisotopic (exact) mass is 332 g/mol. The highest BCUT2D eigenvalue weighted by Gasteiger charge is 2.49. The van der Waals surface area contributed by atoms with Crippen LogP contribution in [-0.2, 0) is 4.79 Å². The highest BCUT2D eigenvalue weighted by atomic mass is 35.5. The molecular weight excluding hydrogens is 320 g/mol. The van der Waals surface area contributed by atoms with E-state index in [1.165, 1.54) is 7.11 Å². The molecule has 1 aliphatic heterocycles. The third-order valence-electron chi connectivity index (χ3n) is 3.44. The molecule has 0 atom stereocenters. The summed E-state index contributed by atoms with van der Waals surface area (Å²) in [5.74, 6) is -3.16. The molecule has 0 radical (unpaired) electrons. The third-order valence-corrected chi connectivity index (χ3v) is 3.69. The molecule has 2 N–H and O–H groups in total. The lowest BCUT2D eigenvalue weighted by Crippen LogP contribution is -2.46. The SMILES string of the molecule is COc1cccc(C2=NN(c3ccc(Cl)cc3)C(=O)C2(O)O)c1. The van der Waals surface area contributed by atoms with E-state index in [0.717, 1.165) is 5.01 Å². The number of hydrogen-bond acceptors (Lipinski definition) is 5. The first-order chi connectivity index (χ1) is 10.9. The van der Waals surface area contributed by atoms with Crippen LogP contribution in [-0.4, -0.2) is 34.7 Å². The van der Waals surface area contributed by atoms with E-state index in [1.807, 2.05) is 0 Å². The van der Waals surface area contributed by atoms with E-state index in [1.54, 1.807) is 48.5 Å². The van der Waals surface area contributed by atoms with Gasteiger partial charge in [-0.25, -0.2) is 0 Å². The summed E-state index contributed by atoms with van der Waals surface area (Å²) in [5, 5.41) is 25.9. The average Bonchev–Trinajstić information content (AvgIpc) is 2.79. The molecule has 0 aromatic heterocycles. The minimum absolute atomic E-state index is 0.170. The Morgan fingerprint density at radius 1 is 1.17 bits per heavy atom. The summed E-state index contributed by atoms with van der Waals surface area (Å²) in [4.78, 5) is 12.3. The van der Waals surface area contributed by atoms with Gasteiger partial charge in [0.25, 0.3) is 5.79 Å².